The van der Waals surface area contributed by atoms with Crippen LogP contribution < -0.4 is 0 Å². The summed E-state index contributed by atoms with van der Waals surface area (Å²) in [6.45, 7) is 2.23. The van der Waals surface area contributed by atoms with Crippen LogP contribution in [0.5, 0.6) is 0 Å². The van der Waals surface area contributed by atoms with Gasteiger partial charge in [-0.1, -0.05) is 32.3 Å². The van der Waals surface area contributed by atoms with E-state index in [2.05, 4.69) is 18.7 Å². The van der Waals surface area contributed by atoms with E-state index in [1.165, 1.54) is 25.7 Å². The van der Waals surface area contributed by atoms with Crippen molar-refractivity contribution < 1.29 is 8.85 Å². The van der Waals surface area contributed by atoms with Gasteiger partial charge in [0.2, 0.25) is 0 Å². The smallest absolute Gasteiger partial charge is 0.394 e. The van der Waals surface area contributed by atoms with Crippen molar-refractivity contribution in [3.05, 3.63) is 11.8 Å². The van der Waals surface area contributed by atoms with Gasteiger partial charge < -0.3 is 8.85 Å². The molecule has 1 radical (unpaired) electrons. The van der Waals surface area contributed by atoms with E-state index >= 15 is 0 Å². The molecule has 0 aromatic carbocycles. The fourth-order valence-corrected chi connectivity index (χ4v) is 1.89. The van der Waals surface area contributed by atoms with E-state index in [1.54, 1.807) is 14.2 Å². The first-order valence-electron chi connectivity index (χ1n) is 4.96. The highest BCUT2D eigenvalue weighted by Gasteiger charge is 2.04. The van der Waals surface area contributed by atoms with E-state index in [-0.39, 0.29) is 0 Å². The summed E-state index contributed by atoms with van der Waals surface area (Å²) in [5, 5.41) is 0. The largest absolute Gasteiger partial charge is 0.414 e. The van der Waals surface area contributed by atoms with Gasteiger partial charge in [0.25, 0.3) is 0 Å². The van der Waals surface area contributed by atoms with Crippen LogP contribution in [-0.2, 0) is 8.85 Å². The quantitative estimate of drug-likeness (QED) is 0.444. The molecule has 0 atom stereocenters. The van der Waals surface area contributed by atoms with Gasteiger partial charge in [-0.3, -0.25) is 0 Å². The van der Waals surface area contributed by atoms with E-state index in [1.807, 2.05) is 0 Å². The Hall–Kier alpha value is -0.123. The Morgan fingerprint density at radius 3 is 2.31 bits per heavy atom. The summed E-state index contributed by atoms with van der Waals surface area (Å²) in [6, 6.07) is 0. The highest BCUT2D eigenvalue weighted by molar-refractivity contribution is 6.50. The molecule has 0 aliphatic heterocycles. The van der Waals surface area contributed by atoms with E-state index < -0.39 is 9.28 Å². The topological polar surface area (TPSA) is 18.5 Å². The third-order valence-electron chi connectivity index (χ3n) is 1.88. The molecule has 2 nitrogen and oxygen atoms in total. The van der Waals surface area contributed by atoms with E-state index in [9.17, 15) is 0 Å². The molecule has 0 spiro atoms. The minimum atomic E-state index is -1.10. The second-order valence-corrected chi connectivity index (χ2v) is 4.77. The van der Waals surface area contributed by atoms with E-state index in [0.29, 0.717) is 0 Å². The SMILES string of the molecule is CCCCCCC=C[Si](OC)OC. The molecular weight excluding hydrogens is 180 g/mol. The van der Waals surface area contributed by atoms with Crippen LogP contribution in [0.3, 0.4) is 0 Å². The zero-order valence-electron chi connectivity index (χ0n) is 9.01. The lowest BCUT2D eigenvalue weighted by Crippen LogP contribution is -2.15. The zero-order valence-corrected chi connectivity index (χ0v) is 10.0. The summed E-state index contributed by atoms with van der Waals surface area (Å²) >= 11 is 0. The predicted molar refractivity (Wildman–Crippen MR) is 57.7 cm³/mol. The highest BCUT2D eigenvalue weighted by atomic mass is 28.3. The lowest BCUT2D eigenvalue weighted by molar-refractivity contribution is 0.290. The molecule has 0 rings (SSSR count). The van der Waals surface area contributed by atoms with Gasteiger partial charge in [0.1, 0.15) is 0 Å². The second-order valence-electron chi connectivity index (χ2n) is 2.98. The fraction of sp³-hybridized carbons (Fsp3) is 0.800. The van der Waals surface area contributed by atoms with Crippen molar-refractivity contribution in [1.29, 1.82) is 0 Å². The molecule has 0 heterocycles. The number of hydrogen-bond donors (Lipinski definition) is 0. The molecular formula is C10H21O2Si. The number of unbranched alkanes of at least 4 members (excludes halogenated alkanes) is 4. The average molecular weight is 201 g/mol. The van der Waals surface area contributed by atoms with Crippen molar-refractivity contribution in [3.8, 4) is 0 Å². The molecule has 0 aliphatic rings. The van der Waals surface area contributed by atoms with Gasteiger partial charge in [-0.25, -0.2) is 0 Å². The van der Waals surface area contributed by atoms with Gasteiger partial charge in [0.05, 0.1) is 0 Å². The van der Waals surface area contributed by atoms with Crippen LogP contribution in [0.25, 0.3) is 0 Å². The lowest BCUT2D eigenvalue weighted by atomic mass is 10.2. The molecule has 0 aliphatic carbocycles. The Labute approximate surface area is 83.8 Å². The van der Waals surface area contributed by atoms with Crippen molar-refractivity contribution >= 4 is 9.28 Å². The molecule has 0 saturated heterocycles. The first kappa shape index (κ1) is 12.9. The molecule has 77 valence electrons. The monoisotopic (exact) mass is 201 g/mol. The van der Waals surface area contributed by atoms with Crippen molar-refractivity contribution in [2.75, 3.05) is 14.2 Å². The van der Waals surface area contributed by atoms with Crippen molar-refractivity contribution in [1.82, 2.24) is 0 Å². The number of hydrogen-bond acceptors (Lipinski definition) is 2. The standard InChI is InChI=1S/C10H21O2Si/c1-4-5-6-7-8-9-10-13(11-2)12-3/h9-10H,4-8H2,1-3H3. The van der Waals surface area contributed by atoms with Gasteiger partial charge >= 0.3 is 9.28 Å². The first-order chi connectivity index (χ1) is 6.35. The summed E-state index contributed by atoms with van der Waals surface area (Å²) in [5.74, 6) is 0. The van der Waals surface area contributed by atoms with E-state index in [0.717, 1.165) is 6.42 Å². The summed E-state index contributed by atoms with van der Waals surface area (Å²) in [5.41, 5.74) is 2.07. The highest BCUT2D eigenvalue weighted by Crippen LogP contribution is 2.03. The summed E-state index contributed by atoms with van der Waals surface area (Å²) in [6.07, 6.45) is 8.60. The molecule has 0 amide bonds. The summed E-state index contributed by atoms with van der Waals surface area (Å²) < 4.78 is 10.2. The zero-order chi connectivity index (χ0) is 9.94. The van der Waals surface area contributed by atoms with Crippen LogP contribution in [-0.4, -0.2) is 23.5 Å². The lowest BCUT2D eigenvalue weighted by Gasteiger charge is -2.02. The minimum Gasteiger partial charge on any atom is -0.394 e. The third kappa shape index (κ3) is 8.21. The molecule has 3 heteroatoms. The second kappa shape index (κ2) is 9.96. The Bertz CT molecular complexity index is 122. The molecule has 0 N–H and O–H groups in total. The fourth-order valence-electron chi connectivity index (χ4n) is 1.09. The summed E-state index contributed by atoms with van der Waals surface area (Å²) in [7, 11) is 2.29. The maximum Gasteiger partial charge on any atom is 0.414 e. The molecule has 13 heavy (non-hydrogen) atoms. The average Bonchev–Trinajstić information content (AvgIpc) is 2.17. The first-order valence-corrected chi connectivity index (χ1v) is 6.36. The Kier molecular flexibility index (Phi) is 9.87. The molecule has 0 aromatic rings. The third-order valence-corrected chi connectivity index (χ3v) is 3.19. The maximum absolute atomic E-state index is 5.12. The van der Waals surface area contributed by atoms with Gasteiger partial charge in [-0.15, -0.1) is 0 Å². The predicted octanol–water partition coefficient (Wildman–Crippen LogP) is 2.83. The molecule has 0 unspecified atom stereocenters. The Morgan fingerprint density at radius 2 is 1.77 bits per heavy atom. The van der Waals surface area contributed by atoms with Crippen LogP contribution in [0.4, 0.5) is 0 Å². The van der Waals surface area contributed by atoms with Crippen molar-refractivity contribution in [3.63, 3.8) is 0 Å². The molecule has 0 aromatic heterocycles. The van der Waals surface area contributed by atoms with Crippen LogP contribution in [0, 0.1) is 0 Å². The van der Waals surface area contributed by atoms with Gasteiger partial charge in [-0.2, -0.15) is 0 Å². The van der Waals surface area contributed by atoms with E-state index in [4.69, 9.17) is 8.85 Å². The maximum atomic E-state index is 5.12. The molecule has 0 fully saturated rings. The normalized spacial score (nSPS) is 11.7. The number of allylic oxidation sites excluding steroid dienone is 1. The van der Waals surface area contributed by atoms with Gasteiger partial charge in [0.15, 0.2) is 0 Å². The van der Waals surface area contributed by atoms with Crippen LogP contribution in [0.2, 0.25) is 0 Å². The van der Waals surface area contributed by atoms with Gasteiger partial charge in [0, 0.05) is 14.2 Å². The van der Waals surface area contributed by atoms with Crippen LogP contribution in [0.1, 0.15) is 39.0 Å². The van der Waals surface area contributed by atoms with Crippen LogP contribution >= 0.6 is 0 Å². The Morgan fingerprint density at radius 1 is 1.08 bits per heavy atom. The Balaban J connectivity index is 3.28. The van der Waals surface area contributed by atoms with Gasteiger partial charge in [-0.05, 0) is 18.5 Å². The van der Waals surface area contributed by atoms with Crippen molar-refractivity contribution in [2.24, 2.45) is 0 Å². The molecule has 0 bridgehead atoms. The minimum absolute atomic E-state index is 1.10. The van der Waals surface area contributed by atoms with Crippen LogP contribution in [0.15, 0.2) is 11.8 Å². The number of rotatable bonds is 8. The van der Waals surface area contributed by atoms with Crippen molar-refractivity contribution in [2.45, 2.75) is 39.0 Å². The summed E-state index contributed by atoms with van der Waals surface area (Å²) in [4.78, 5) is 0. The molecule has 0 saturated carbocycles.